The first kappa shape index (κ1) is 24.5. The molecule has 0 bridgehead atoms. The summed E-state index contributed by atoms with van der Waals surface area (Å²) in [5.41, 5.74) is -2.36. The summed E-state index contributed by atoms with van der Waals surface area (Å²) in [5.74, 6) is -0.242. The molecule has 8 atom stereocenters. The zero-order chi connectivity index (χ0) is 24.0. The summed E-state index contributed by atoms with van der Waals surface area (Å²) in [5, 5.41) is 12.0. The van der Waals surface area contributed by atoms with E-state index in [4.69, 9.17) is 14.2 Å². The number of hydrogen-bond acceptors (Lipinski definition) is 7. The van der Waals surface area contributed by atoms with Crippen LogP contribution in [0.2, 0.25) is 0 Å². The van der Waals surface area contributed by atoms with Gasteiger partial charge in [-0.1, -0.05) is 6.92 Å². The molecule has 0 saturated heterocycles. The van der Waals surface area contributed by atoms with Gasteiger partial charge >= 0.3 is 17.9 Å². The first-order valence-corrected chi connectivity index (χ1v) is 12.9. The summed E-state index contributed by atoms with van der Waals surface area (Å²) in [6, 6.07) is 0. The highest BCUT2D eigenvalue weighted by Gasteiger charge is 2.70. The van der Waals surface area contributed by atoms with Crippen LogP contribution >= 0.6 is 0 Å². The van der Waals surface area contributed by atoms with Crippen molar-refractivity contribution in [1.29, 1.82) is 0 Å². The van der Waals surface area contributed by atoms with Gasteiger partial charge in [0.2, 0.25) is 0 Å². The third-order valence-electron chi connectivity index (χ3n) is 9.76. The Morgan fingerprint density at radius 1 is 0.909 bits per heavy atom. The van der Waals surface area contributed by atoms with Gasteiger partial charge in [0.15, 0.2) is 0 Å². The molecule has 0 aromatic heterocycles. The smallest absolute Gasteiger partial charge is 0.315 e. The van der Waals surface area contributed by atoms with E-state index in [1.54, 1.807) is 6.92 Å². The second-order valence-electron chi connectivity index (χ2n) is 11.0. The topological polar surface area (TPSA) is 99.1 Å². The predicted molar refractivity (Wildman–Crippen MR) is 120 cm³/mol. The van der Waals surface area contributed by atoms with Gasteiger partial charge in [-0.05, 0) is 88.4 Å². The fraction of sp³-hybridized carbons (Fsp3) is 0.885. The Labute approximate surface area is 196 Å². The molecular weight excluding hydrogens is 424 g/mol. The molecular formula is C26H40O7. The number of ether oxygens (including phenoxy) is 3. The summed E-state index contributed by atoms with van der Waals surface area (Å²) < 4.78 is 16.5. The number of aliphatic hydroxyl groups is 1. The van der Waals surface area contributed by atoms with Crippen molar-refractivity contribution in [2.45, 2.75) is 97.2 Å². The predicted octanol–water partition coefficient (Wildman–Crippen LogP) is 3.80. The number of carbonyl (C=O) groups excluding carboxylic acids is 3. The third-order valence-corrected chi connectivity index (χ3v) is 9.76. The highest BCUT2D eigenvalue weighted by atomic mass is 16.5. The number of esters is 3. The van der Waals surface area contributed by atoms with Gasteiger partial charge in [-0.15, -0.1) is 0 Å². The van der Waals surface area contributed by atoms with Crippen LogP contribution in [0.25, 0.3) is 0 Å². The van der Waals surface area contributed by atoms with Crippen molar-refractivity contribution >= 4 is 17.9 Å². The summed E-state index contributed by atoms with van der Waals surface area (Å²) in [6.07, 6.45) is 5.63. The van der Waals surface area contributed by atoms with Crippen LogP contribution in [0.3, 0.4) is 0 Å². The summed E-state index contributed by atoms with van der Waals surface area (Å²) in [7, 11) is 0. The summed E-state index contributed by atoms with van der Waals surface area (Å²) >= 11 is 0. The van der Waals surface area contributed by atoms with Crippen LogP contribution in [0.4, 0.5) is 0 Å². The Bertz CT molecular complexity index is 796. The number of rotatable bonds is 5. The lowest BCUT2D eigenvalue weighted by Gasteiger charge is -2.63. The van der Waals surface area contributed by atoms with E-state index >= 15 is 0 Å². The van der Waals surface area contributed by atoms with Crippen molar-refractivity contribution in [2.75, 3.05) is 13.2 Å². The second-order valence-corrected chi connectivity index (χ2v) is 11.0. The fourth-order valence-corrected chi connectivity index (χ4v) is 8.51. The van der Waals surface area contributed by atoms with Gasteiger partial charge in [0, 0.05) is 13.3 Å². The Hall–Kier alpha value is -1.63. The minimum absolute atomic E-state index is 0.00704. The lowest BCUT2D eigenvalue weighted by atomic mass is 9.42. The molecule has 4 saturated carbocycles. The second kappa shape index (κ2) is 8.86. The molecule has 0 spiro atoms. The van der Waals surface area contributed by atoms with Gasteiger partial charge in [-0.2, -0.15) is 0 Å². The average Bonchev–Trinajstić information content (AvgIpc) is 3.10. The van der Waals surface area contributed by atoms with Crippen LogP contribution in [0.5, 0.6) is 0 Å². The molecule has 0 amide bonds. The Balaban J connectivity index is 1.66. The van der Waals surface area contributed by atoms with Gasteiger partial charge in [-0.3, -0.25) is 14.4 Å². The van der Waals surface area contributed by atoms with Crippen LogP contribution in [-0.2, 0) is 28.6 Å². The summed E-state index contributed by atoms with van der Waals surface area (Å²) in [6.45, 7) is 7.93. The Morgan fingerprint density at radius 3 is 2.30 bits per heavy atom. The Morgan fingerprint density at radius 2 is 1.64 bits per heavy atom. The van der Waals surface area contributed by atoms with Gasteiger partial charge in [0.1, 0.15) is 6.10 Å². The standard InChI is InChI=1S/C26H40O7/c1-5-31-22(28)21-8-7-19-18-10-13-25(30)15-17(33-16(3)27)9-14-26(25,23(29)32-6-2)20(18)11-12-24(19,21)4/h17-21,30H,5-15H2,1-4H3. The van der Waals surface area contributed by atoms with Crippen molar-refractivity contribution in [3.8, 4) is 0 Å². The molecule has 0 aromatic rings. The van der Waals surface area contributed by atoms with Crippen molar-refractivity contribution in [1.82, 2.24) is 0 Å². The van der Waals surface area contributed by atoms with Crippen molar-refractivity contribution in [3.05, 3.63) is 0 Å². The van der Waals surface area contributed by atoms with E-state index < -0.39 is 11.0 Å². The quantitative estimate of drug-likeness (QED) is 0.488. The zero-order valence-corrected chi connectivity index (χ0v) is 20.6. The van der Waals surface area contributed by atoms with E-state index in [0.29, 0.717) is 31.8 Å². The molecule has 8 unspecified atom stereocenters. The molecule has 0 radical (unpaired) electrons. The minimum atomic E-state index is -1.24. The van der Waals surface area contributed by atoms with E-state index in [9.17, 15) is 19.5 Å². The molecule has 4 aliphatic carbocycles. The van der Waals surface area contributed by atoms with E-state index in [1.807, 2.05) is 6.92 Å². The maximum atomic E-state index is 13.6. The highest BCUT2D eigenvalue weighted by Crippen LogP contribution is 2.69. The molecule has 33 heavy (non-hydrogen) atoms. The molecule has 1 N–H and O–H groups in total. The van der Waals surface area contributed by atoms with Crippen molar-refractivity contribution in [3.63, 3.8) is 0 Å². The zero-order valence-electron chi connectivity index (χ0n) is 20.6. The molecule has 4 aliphatic rings. The van der Waals surface area contributed by atoms with E-state index in [-0.39, 0.29) is 60.2 Å². The lowest BCUT2D eigenvalue weighted by molar-refractivity contribution is -0.240. The van der Waals surface area contributed by atoms with E-state index in [1.165, 1.54) is 6.92 Å². The normalized spacial score (nSPS) is 44.1. The molecule has 7 nitrogen and oxygen atoms in total. The first-order chi connectivity index (χ1) is 15.6. The third kappa shape index (κ3) is 3.69. The minimum Gasteiger partial charge on any atom is -0.466 e. The monoisotopic (exact) mass is 464 g/mol. The largest absolute Gasteiger partial charge is 0.466 e. The van der Waals surface area contributed by atoms with E-state index in [2.05, 4.69) is 6.92 Å². The van der Waals surface area contributed by atoms with Crippen LogP contribution in [0.15, 0.2) is 0 Å². The van der Waals surface area contributed by atoms with Gasteiger partial charge < -0.3 is 19.3 Å². The highest BCUT2D eigenvalue weighted by molar-refractivity contribution is 5.80. The van der Waals surface area contributed by atoms with Crippen molar-refractivity contribution < 1.29 is 33.7 Å². The SMILES string of the molecule is CCOC(=O)C1CCC2C3CCC4(O)CC(OC(C)=O)CCC4(C(=O)OCC)C3CCC12C. The first-order valence-electron chi connectivity index (χ1n) is 12.9. The molecule has 0 aromatic carbocycles. The maximum absolute atomic E-state index is 13.6. The number of carbonyl (C=O) groups is 3. The maximum Gasteiger partial charge on any atom is 0.315 e. The van der Waals surface area contributed by atoms with Crippen molar-refractivity contribution in [2.24, 2.45) is 34.5 Å². The number of hydrogen-bond donors (Lipinski definition) is 1. The van der Waals surface area contributed by atoms with Crippen LogP contribution < -0.4 is 0 Å². The summed E-state index contributed by atoms with van der Waals surface area (Å²) in [4.78, 5) is 37.9. The van der Waals surface area contributed by atoms with Crippen LogP contribution in [-0.4, -0.2) is 47.9 Å². The van der Waals surface area contributed by atoms with Crippen LogP contribution in [0, 0.1) is 34.5 Å². The van der Waals surface area contributed by atoms with E-state index in [0.717, 1.165) is 32.1 Å². The van der Waals surface area contributed by atoms with Crippen LogP contribution in [0.1, 0.15) is 85.5 Å². The lowest BCUT2D eigenvalue weighted by Crippen LogP contribution is -2.67. The molecule has 0 aliphatic heterocycles. The Kier molecular flexibility index (Phi) is 6.58. The molecule has 4 fully saturated rings. The molecule has 0 heterocycles. The molecule has 186 valence electrons. The molecule has 7 heteroatoms. The van der Waals surface area contributed by atoms with Gasteiger partial charge in [0.05, 0.1) is 30.1 Å². The average molecular weight is 465 g/mol. The number of fused-ring (bicyclic) bond motifs is 5. The van der Waals surface area contributed by atoms with Gasteiger partial charge in [-0.25, -0.2) is 0 Å². The molecule has 4 rings (SSSR count). The fourth-order valence-electron chi connectivity index (χ4n) is 8.51. The van der Waals surface area contributed by atoms with Gasteiger partial charge in [0.25, 0.3) is 0 Å².